The third-order valence-electron chi connectivity index (χ3n) is 3.24. The summed E-state index contributed by atoms with van der Waals surface area (Å²) in [5.41, 5.74) is 1.46. The Bertz CT molecular complexity index is 295. The summed E-state index contributed by atoms with van der Waals surface area (Å²) in [6, 6.07) is 11.4. The molecular formula is C16H28N2. The van der Waals surface area contributed by atoms with Crippen LogP contribution in [-0.4, -0.2) is 38.1 Å². The summed E-state index contributed by atoms with van der Waals surface area (Å²) >= 11 is 0. The van der Waals surface area contributed by atoms with Crippen molar-refractivity contribution in [2.75, 3.05) is 27.2 Å². The summed E-state index contributed by atoms with van der Waals surface area (Å²) in [7, 11) is 4.26. The van der Waals surface area contributed by atoms with Gasteiger partial charge in [-0.3, -0.25) is 0 Å². The van der Waals surface area contributed by atoms with E-state index in [1.807, 2.05) is 0 Å². The van der Waals surface area contributed by atoms with Gasteiger partial charge in [0.15, 0.2) is 0 Å². The van der Waals surface area contributed by atoms with Crippen LogP contribution in [0.15, 0.2) is 30.3 Å². The molecule has 0 aliphatic rings. The van der Waals surface area contributed by atoms with Crippen LogP contribution in [0.2, 0.25) is 0 Å². The van der Waals surface area contributed by atoms with Crippen molar-refractivity contribution in [2.24, 2.45) is 0 Å². The first-order valence-electron chi connectivity index (χ1n) is 7.10. The van der Waals surface area contributed by atoms with Crippen LogP contribution >= 0.6 is 0 Å². The molecule has 0 heterocycles. The lowest BCUT2D eigenvalue weighted by Gasteiger charge is -2.16. The van der Waals surface area contributed by atoms with Gasteiger partial charge in [-0.05, 0) is 65.4 Å². The molecule has 0 amide bonds. The number of nitrogens with one attached hydrogen (secondary N) is 1. The molecule has 0 radical (unpaired) electrons. The lowest BCUT2D eigenvalue weighted by molar-refractivity contribution is 0.365. The second-order valence-corrected chi connectivity index (χ2v) is 5.39. The summed E-state index contributed by atoms with van der Waals surface area (Å²) in [6.45, 7) is 4.58. The third-order valence-corrected chi connectivity index (χ3v) is 3.24. The lowest BCUT2D eigenvalue weighted by Crippen LogP contribution is -2.30. The number of unbranched alkanes of at least 4 members (excludes halogenated alkanes) is 1. The first-order chi connectivity index (χ1) is 8.68. The van der Waals surface area contributed by atoms with Crippen molar-refractivity contribution in [1.29, 1.82) is 0 Å². The Hall–Kier alpha value is -0.860. The Kier molecular flexibility index (Phi) is 7.70. The quantitative estimate of drug-likeness (QED) is 0.676. The molecule has 0 spiro atoms. The van der Waals surface area contributed by atoms with Gasteiger partial charge in [-0.25, -0.2) is 0 Å². The topological polar surface area (TPSA) is 15.3 Å². The fraction of sp³-hybridized carbons (Fsp3) is 0.625. The highest BCUT2D eigenvalue weighted by Crippen LogP contribution is 2.04. The maximum Gasteiger partial charge on any atom is 0.00508 e. The Morgan fingerprint density at radius 1 is 1.11 bits per heavy atom. The molecule has 0 aliphatic carbocycles. The van der Waals surface area contributed by atoms with Crippen LogP contribution < -0.4 is 5.32 Å². The molecular weight excluding hydrogens is 220 g/mol. The van der Waals surface area contributed by atoms with E-state index >= 15 is 0 Å². The highest BCUT2D eigenvalue weighted by atomic mass is 15.1. The van der Waals surface area contributed by atoms with E-state index in [2.05, 4.69) is 61.6 Å². The molecule has 0 aromatic heterocycles. The van der Waals surface area contributed by atoms with Crippen LogP contribution in [0.25, 0.3) is 0 Å². The van der Waals surface area contributed by atoms with Crippen LogP contribution in [0.5, 0.6) is 0 Å². The summed E-state index contributed by atoms with van der Waals surface area (Å²) in [5, 5.41) is 3.60. The Morgan fingerprint density at radius 3 is 2.50 bits per heavy atom. The molecule has 2 nitrogen and oxygen atoms in total. The molecule has 18 heavy (non-hydrogen) atoms. The standard InChI is InChI=1S/C16H28N2/c1-15(12-14-18(2)3)17-13-8-7-11-16-9-5-4-6-10-16/h4-6,9-10,15,17H,7-8,11-14H2,1-3H3. The summed E-state index contributed by atoms with van der Waals surface area (Å²) in [4.78, 5) is 2.24. The smallest absolute Gasteiger partial charge is 0.00508 e. The van der Waals surface area contributed by atoms with Crippen molar-refractivity contribution in [3.05, 3.63) is 35.9 Å². The number of hydrogen-bond donors (Lipinski definition) is 1. The monoisotopic (exact) mass is 248 g/mol. The predicted octanol–water partition coefficient (Wildman–Crippen LogP) is 2.94. The summed E-state index contributed by atoms with van der Waals surface area (Å²) < 4.78 is 0. The van der Waals surface area contributed by atoms with E-state index in [9.17, 15) is 0 Å². The molecule has 0 saturated heterocycles. The van der Waals surface area contributed by atoms with Crippen LogP contribution in [0.4, 0.5) is 0 Å². The van der Waals surface area contributed by atoms with Crippen molar-refractivity contribution in [1.82, 2.24) is 10.2 Å². The average Bonchev–Trinajstić information content (AvgIpc) is 2.37. The van der Waals surface area contributed by atoms with Gasteiger partial charge in [-0.2, -0.15) is 0 Å². The van der Waals surface area contributed by atoms with Gasteiger partial charge in [0.2, 0.25) is 0 Å². The highest BCUT2D eigenvalue weighted by molar-refractivity contribution is 5.14. The minimum Gasteiger partial charge on any atom is -0.314 e. The zero-order valence-corrected chi connectivity index (χ0v) is 12.2. The number of hydrogen-bond acceptors (Lipinski definition) is 2. The summed E-state index contributed by atoms with van der Waals surface area (Å²) in [6.07, 6.45) is 4.97. The first kappa shape index (κ1) is 15.2. The fourth-order valence-electron chi connectivity index (χ4n) is 2.00. The molecule has 0 aliphatic heterocycles. The van der Waals surface area contributed by atoms with Gasteiger partial charge in [0.1, 0.15) is 0 Å². The second-order valence-electron chi connectivity index (χ2n) is 5.39. The van der Waals surface area contributed by atoms with E-state index in [-0.39, 0.29) is 0 Å². The Morgan fingerprint density at radius 2 is 1.83 bits per heavy atom. The number of nitrogens with zero attached hydrogens (tertiary/aromatic N) is 1. The molecule has 102 valence electrons. The van der Waals surface area contributed by atoms with Crippen molar-refractivity contribution < 1.29 is 0 Å². The maximum atomic E-state index is 3.60. The Balaban J connectivity index is 1.98. The third kappa shape index (κ3) is 7.46. The fourth-order valence-corrected chi connectivity index (χ4v) is 2.00. The predicted molar refractivity (Wildman–Crippen MR) is 80.0 cm³/mol. The van der Waals surface area contributed by atoms with Gasteiger partial charge in [0, 0.05) is 6.04 Å². The van der Waals surface area contributed by atoms with E-state index in [0.717, 1.165) is 13.1 Å². The zero-order chi connectivity index (χ0) is 13.2. The van der Waals surface area contributed by atoms with Crippen molar-refractivity contribution >= 4 is 0 Å². The molecule has 0 saturated carbocycles. The van der Waals surface area contributed by atoms with Gasteiger partial charge >= 0.3 is 0 Å². The number of aryl methyl sites for hydroxylation is 1. The largest absolute Gasteiger partial charge is 0.314 e. The molecule has 1 rings (SSSR count). The van der Waals surface area contributed by atoms with E-state index in [1.54, 1.807) is 0 Å². The first-order valence-corrected chi connectivity index (χ1v) is 7.10. The van der Waals surface area contributed by atoms with Crippen molar-refractivity contribution in [2.45, 2.75) is 38.6 Å². The van der Waals surface area contributed by atoms with Gasteiger partial charge in [-0.15, -0.1) is 0 Å². The molecule has 1 N–H and O–H groups in total. The summed E-state index contributed by atoms with van der Waals surface area (Å²) in [5.74, 6) is 0. The van der Waals surface area contributed by atoms with Crippen LogP contribution in [0, 0.1) is 0 Å². The van der Waals surface area contributed by atoms with Crippen LogP contribution in [0.1, 0.15) is 31.7 Å². The molecule has 1 aromatic rings. The highest BCUT2D eigenvalue weighted by Gasteiger charge is 2.01. The zero-order valence-electron chi connectivity index (χ0n) is 12.2. The van der Waals surface area contributed by atoms with E-state index in [1.165, 1.54) is 31.2 Å². The number of benzene rings is 1. The van der Waals surface area contributed by atoms with Gasteiger partial charge in [0.05, 0.1) is 0 Å². The second kappa shape index (κ2) is 9.12. The molecule has 1 atom stereocenters. The van der Waals surface area contributed by atoms with Crippen LogP contribution in [-0.2, 0) is 6.42 Å². The molecule has 0 fully saturated rings. The van der Waals surface area contributed by atoms with E-state index < -0.39 is 0 Å². The number of rotatable bonds is 9. The minimum absolute atomic E-state index is 0.629. The molecule has 2 heteroatoms. The van der Waals surface area contributed by atoms with Crippen molar-refractivity contribution in [3.63, 3.8) is 0 Å². The van der Waals surface area contributed by atoms with E-state index in [0.29, 0.717) is 6.04 Å². The van der Waals surface area contributed by atoms with Gasteiger partial charge < -0.3 is 10.2 Å². The maximum absolute atomic E-state index is 3.60. The van der Waals surface area contributed by atoms with Crippen molar-refractivity contribution in [3.8, 4) is 0 Å². The van der Waals surface area contributed by atoms with Gasteiger partial charge in [-0.1, -0.05) is 30.3 Å². The average molecular weight is 248 g/mol. The normalized spacial score (nSPS) is 12.9. The van der Waals surface area contributed by atoms with Gasteiger partial charge in [0.25, 0.3) is 0 Å². The van der Waals surface area contributed by atoms with E-state index in [4.69, 9.17) is 0 Å². The minimum atomic E-state index is 0.629. The molecule has 1 aromatic carbocycles. The van der Waals surface area contributed by atoms with Crippen LogP contribution in [0.3, 0.4) is 0 Å². The lowest BCUT2D eigenvalue weighted by atomic mass is 10.1. The Labute approximate surface area is 112 Å². The molecule has 0 bridgehead atoms. The molecule has 1 unspecified atom stereocenters. The SMILES string of the molecule is CC(CCN(C)C)NCCCCc1ccccc1.